The summed E-state index contributed by atoms with van der Waals surface area (Å²) in [7, 11) is 0. The van der Waals surface area contributed by atoms with Gasteiger partial charge in [-0.3, -0.25) is 9.88 Å². The first-order chi connectivity index (χ1) is 9.74. The molecule has 1 aromatic carbocycles. The molecule has 1 aromatic heterocycles. The van der Waals surface area contributed by atoms with Crippen molar-refractivity contribution < 1.29 is 0 Å². The molecule has 0 unspecified atom stereocenters. The number of benzene rings is 1. The van der Waals surface area contributed by atoms with Crippen LogP contribution in [-0.2, 0) is 6.54 Å². The van der Waals surface area contributed by atoms with E-state index in [0.717, 1.165) is 32.7 Å². The Labute approximate surface area is 121 Å². The SMILES string of the molecule is CC(C)c1cncc2cc(CN3CCNCC3)ccc12. The standard InChI is InChI=1S/C17H23N3/c1-13(2)17-11-19-10-15-9-14(3-4-16(15)17)12-20-7-5-18-6-8-20/h3-4,9-11,13,18H,5-8,12H2,1-2H3. The van der Waals surface area contributed by atoms with Crippen LogP contribution in [0.15, 0.2) is 30.6 Å². The average molecular weight is 269 g/mol. The number of hydrogen-bond donors (Lipinski definition) is 1. The molecular formula is C17H23N3. The Kier molecular flexibility index (Phi) is 3.99. The summed E-state index contributed by atoms with van der Waals surface area (Å²) in [4.78, 5) is 6.91. The molecule has 20 heavy (non-hydrogen) atoms. The number of pyridine rings is 1. The van der Waals surface area contributed by atoms with Crippen LogP contribution in [-0.4, -0.2) is 36.1 Å². The highest BCUT2D eigenvalue weighted by atomic mass is 15.2. The molecule has 3 heteroatoms. The van der Waals surface area contributed by atoms with Gasteiger partial charge in [0.25, 0.3) is 0 Å². The van der Waals surface area contributed by atoms with E-state index in [2.05, 4.69) is 47.2 Å². The summed E-state index contributed by atoms with van der Waals surface area (Å²) >= 11 is 0. The molecule has 2 aromatic rings. The first-order valence-corrected chi connectivity index (χ1v) is 7.53. The molecule has 3 nitrogen and oxygen atoms in total. The van der Waals surface area contributed by atoms with Gasteiger partial charge in [0.1, 0.15) is 0 Å². The average Bonchev–Trinajstić information content (AvgIpc) is 2.47. The maximum absolute atomic E-state index is 4.40. The Morgan fingerprint density at radius 2 is 2.00 bits per heavy atom. The van der Waals surface area contributed by atoms with Crippen molar-refractivity contribution in [1.82, 2.24) is 15.2 Å². The summed E-state index contributed by atoms with van der Waals surface area (Å²) in [6.45, 7) is 9.99. The van der Waals surface area contributed by atoms with E-state index in [9.17, 15) is 0 Å². The Bertz CT molecular complexity index is 586. The largest absolute Gasteiger partial charge is 0.314 e. The first kappa shape index (κ1) is 13.5. The minimum Gasteiger partial charge on any atom is -0.314 e. The zero-order valence-electron chi connectivity index (χ0n) is 12.4. The monoisotopic (exact) mass is 269 g/mol. The predicted molar refractivity (Wildman–Crippen MR) is 84.0 cm³/mol. The fourth-order valence-electron chi connectivity index (χ4n) is 2.94. The lowest BCUT2D eigenvalue weighted by Crippen LogP contribution is -2.42. The van der Waals surface area contributed by atoms with E-state index in [4.69, 9.17) is 0 Å². The number of hydrogen-bond acceptors (Lipinski definition) is 3. The van der Waals surface area contributed by atoms with Crippen LogP contribution in [0.1, 0.15) is 30.9 Å². The second kappa shape index (κ2) is 5.90. The lowest BCUT2D eigenvalue weighted by Gasteiger charge is -2.27. The minimum absolute atomic E-state index is 0.519. The molecule has 0 atom stereocenters. The fourth-order valence-corrected chi connectivity index (χ4v) is 2.94. The fraction of sp³-hybridized carbons (Fsp3) is 0.471. The number of piperazine rings is 1. The van der Waals surface area contributed by atoms with E-state index in [1.54, 1.807) is 0 Å². The maximum Gasteiger partial charge on any atom is 0.0346 e. The van der Waals surface area contributed by atoms with Gasteiger partial charge in [-0.15, -0.1) is 0 Å². The van der Waals surface area contributed by atoms with Crippen molar-refractivity contribution in [3.63, 3.8) is 0 Å². The molecule has 0 radical (unpaired) electrons. The van der Waals surface area contributed by atoms with Crippen LogP contribution >= 0.6 is 0 Å². The number of nitrogens with zero attached hydrogens (tertiary/aromatic N) is 2. The van der Waals surface area contributed by atoms with E-state index < -0.39 is 0 Å². The van der Waals surface area contributed by atoms with Gasteiger partial charge >= 0.3 is 0 Å². The second-order valence-corrected chi connectivity index (χ2v) is 5.97. The van der Waals surface area contributed by atoms with Gasteiger partial charge in [-0.25, -0.2) is 0 Å². The number of nitrogens with one attached hydrogen (secondary N) is 1. The third-order valence-corrected chi connectivity index (χ3v) is 4.09. The molecule has 0 spiro atoms. The third kappa shape index (κ3) is 2.84. The summed E-state index contributed by atoms with van der Waals surface area (Å²) in [5.41, 5.74) is 2.73. The van der Waals surface area contributed by atoms with Crippen LogP contribution in [0, 0.1) is 0 Å². The summed E-state index contributed by atoms with van der Waals surface area (Å²) in [6.07, 6.45) is 3.99. The van der Waals surface area contributed by atoms with E-state index in [1.807, 2.05) is 12.4 Å². The Hall–Kier alpha value is -1.45. The summed E-state index contributed by atoms with van der Waals surface area (Å²) < 4.78 is 0. The normalized spacial score (nSPS) is 16.9. The Morgan fingerprint density at radius 1 is 1.20 bits per heavy atom. The number of rotatable bonds is 3. The van der Waals surface area contributed by atoms with Gasteiger partial charge in [0.2, 0.25) is 0 Å². The maximum atomic E-state index is 4.40. The highest BCUT2D eigenvalue weighted by molar-refractivity contribution is 5.85. The zero-order valence-corrected chi connectivity index (χ0v) is 12.4. The van der Waals surface area contributed by atoms with Crippen molar-refractivity contribution in [2.24, 2.45) is 0 Å². The van der Waals surface area contributed by atoms with Gasteiger partial charge < -0.3 is 5.32 Å². The molecule has 0 bridgehead atoms. The van der Waals surface area contributed by atoms with Crippen molar-refractivity contribution in [3.8, 4) is 0 Å². The highest BCUT2D eigenvalue weighted by Gasteiger charge is 2.11. The quantitative estimate of drug-likeness (QED) is 0.928. The molecule has 2 heterocycles. The van der Waals surface area contributed by atoms with Gasteiger partial charge in [-0.2, -0.15) is 0 Å². The third-order valence-electron chi connectivity index (χ3n) is 4.09. The number of aromatic nitrogens is 1. The molecule has 0 saturated carbocycles. The molecule has 0 aliphatic carbocycles. The second-order valence-electron chi connectivity index (χ2n) is 5.97. The van der Waals surface area contributed by atoms with Gasteiger partial charge in [0.15, 0.2) is 0 Å². The first-order valence-electron chi connectivity index (χ1n) is 7.53. The van der Waals surface area contributed by atoms with Crippen molar-refractivity contribution in [3.05, 3.63) is 41.7 Å². The van der Waals surface area contributed by atoms with E-state index in [1.165, 1.54) is 21.9 Å². The molecule has 3 rings (SSSR count). The summed E-state index contributed by atoms with van der Waals surface area (Å²) in [5.74, 6) is 0.519. The van der Waals surface area contributed by atoms with Crippen LogP contribution in [0.25, 0.3) is 10.8 Å². The lowest BCUT2D eigenvalue weighted by molar-refractivity contribution is 0.233. The summed E-state index contributed by atoms with van der Waals surface area (Å²) in [5, 5.41) is 6.01. The molecule has 1 aliphatic heterocycles. The van der Waals surface area contributed by atoms with E-state index >= 15 is 0 Å². The molecule has 0 amide bonds. The van der Waals surface area contributed by atoms with Crippen LogP contribution < -0.4 is 5.32 Å². The van der Waals surface area contributed by atoms with E-state index in [0.29, 0.717) is 5.92 Å². The van der Waals surface area contributed by atoms with Gasteiger partial charge in [0, 0.05) is 50.5 Å². The molecular weight excluding hydrogens is 246 g/mol. The molecule has 106 valence electrons. The molecule has 1 aliphatic rings. The van der Waals surface area contributed by atoms with Crippen LogP contribution in [0.4, 0.5) is 0 Å². The molecule has 1 saturated heterocycles. The Morgan fingerprint density at radius 3 is 2.75 bits per heavy atom. The van der Waals surface area contributed by atoms with Gasteiger partial charge in [0.05, 0.1) is 0 Å². The van der Waals surface area contributed by atoms with Crippen molar-refractivity contribution in [2.75, 3.05) is 26.2 Å². The van der Waals surface area contributed by atoms with Gasteiger partial charge in [-0.05, 0) is 28.5 Å². The smallest absolute Gasteiger partial charge is 0.0346 e. The topological polar surface area (TPSA) is 28.2 Å². The summed E-state index contributed by atoms with van der Waals surface area (Å²) in [6, 6.07) is 6.84. The van der Waals surface area contributed by atoms with Crippen molar-refractivity contribution in [2.45, 2.75) is 26.3 Å². The van der Waals surface area contributed by atoms with Crippen LogP contribution in [0.5, 0.6) is 0 Å². The zero-order chi connectivity index (χ0) is 13.9. The van der Waals surface area contributed by atoms with E-state index in [-0.39, 0.29) is 0 Å². The number of fused-ring (bicyclic) bond motifs is 1. The van der Waals surface area contributed by atoms with Crippen LogP contribution in [0.2, 0.25) is 0 Å². The lowest BCUT2D eigenvalue weighted by atomic mass is 9.97. The van der Waals surface area contributed by atoms with Crippen LogP contribution in [0.3, 0.4) is 0 Å². The van der Waals surface area contributed by atoms with Crippen molar-refractivity contribution >= 4 is 10.8 Å². The molecule has 1 N–H and O–H groups in total. The highest BCUT2D eigenvalue weighted by Crippen LogP contribution is 2.25. The van der Waals surface area contributed by atoms with Gasteiger partial charge in [-0.1, -0.05) is 26.0 Å². The molecule has 1 fully saturated rings. The minimum atomic E-state index is 0.519. The predicted octanol–water partition coefficient (Wildman–Crippen LogP) is 2.76. The van der Waals surface area contributed by atoms with Crippen molar-refractivity contribution in [1.29, 1.82) is 0 Å². The Balaban J connectivity index is 1.87.